The third kappa shape index (κ3) is 2.73. The number of nitrogens with zero attached hydrogens (tertiary/aromatic N) is 2. The van der Waals surface area contributed by atoms with E-state index in [2.05, 4.69) is 10.4 Å². The number of aromatic nitrogens is 2. The van der Waals surface area contributed by atoms with Crippen LogP contribution in [0, 0.1) is 18.6 Å². The molecule has 2 aromatic rings. The van der Waals surface area contributed by atoms with Crippen LogP contribution in [0.4, 0.5) is 8.78 Å². The van der Waals surface area contributed by atoms with Gasteiger partial charge >= 0.3 is 0 Å². The Hall–Kier alpha value is -1.75. The molecule has 0 aliphatic heterocycles. The van der Waals surface area contributed by atoms with Crippen molar-refractivity contribution in [2.24, 2.45) is 7.05 Å². The summed E-state index contributed by atoms with van der Waals surface area (Å²) in [6, 6.07) is 3.46. The maximum atomic E-state index is 13.4. The number of nitrogens with one attached hydrogen (secondary N) is 1. The lowest BCUT2D eigenvalue weighted by Gasteiger charge is -2.06. The summed E-state index contributed by atoms with van der Waals surface area (Å²) in [6.07, 6.45) is 1.77. The van der Waals surface area contributed by atoms with Crippen molar-refractivity contribution in [2.45, 2.75) is 20.0 Å². The number of hydrogen-bond acceptors (Lipinski definition) is 2. The van der Waals surface area contributed by atoms with Crippen molar-refractivity contribution in [1.82, 2.24) is 15.1 Å². The molecule has 1 heterocycles. The lowest BCUT2D eigenvalue weighted by molar-refractivity contribution is 0.568. The minimum absolute atomic E-state index is 0.290. The number of halogens is 2. The molecule has 0 bridgehead atoms. The molecule has 0 aliphatic carbocycles. The average Bonchev–Trinajstić information content (AvgIpc) is 2.65. The predicted octanol–water partition coefficient (Wildman–Crippen LogP) is 2.30. The SMILES string of the molecule is Cc1c(CNCc2cc(F)ccc2F)cnn1C. The molecule has 0 spiro atoms. The van der Waals surface area contributed by atoms with Gasteiger partial charge < -0.3 is 5.32 Å². The molecule has 1 N–H and O–H groups in total. The van der Waals surface area contributed by atoms with Gasteiger partial charge in [0.15, 0.2) is 0 Å². The van der Waals surface area contributed by atoms with E-state index in [1.807, 2.05) is 14.0 Å². The van der Waals surface area contributed by atoms with E-state index in [1.165, 1.54) is 6.07 Å². The van der Waals surface area contributed by atoms with E-state index < -0.39 is 11.6 Å². The summed E-state index contributed by atoms with van der Waals surface area (Å²) < 4.78 is 28.1. The molecule has 18 heavy (non-hydrogen) atoms. The van der Waals surface area contributed by atoms with E-state index in [1.54, 1.807) is 10.9 Å². The summed E-state index contributed by atoms with van der Waals surface area (Å²) in [6.45, 7) is 2.83. The molecule has 5 heteroatoms. The third-order valence-electron chi connectivity index (χ3n) is 2.98. The highest BCUT2D eigenvalue weighted by molar-refractivity contribution is 5.19. The molecule has 1 aromatic carbocycles. The minimum atomic E-state index is -0.425. The highest BCUT2D eigenvalue weighted by atomic mass is 19.1. The van der Waals surface area contributed by atoms with E-state index in [9.17, 15) is 8.78 Å². The van der Waals surface area contributed by atoms with Gasteiger partial charge in [-0.3, -0.25) is 4.68 Å². The molecule has 0 saturated carbocycles. The molecule has 0 amide bonds. The van der Waals surface area contributed by atoms with Crippen LogP contribution >= 0.6 is 0 Å². The van der Waals surface area contributed by atoms with E-state index >= 15 is 0 Å². The van der Waals surface area contributed by atoms with Crippen LogP contribution in [0.1, 0.15) is 16.8 Å². The van der Waals surface area contributed by atoms with Gasteiger partial charge in [-0.2, -0.15) is 5.10 Å². The van der Waals surface area contributed by atoms with Gasteiger partial charge in [0, 0.05) is 37.0 Å². The molecule has 0 unspecified atom stereocenters. The van der Waals surface area contributed by atoms with Crippen molar-refractivity contribution in [1.29, 1.82) is 0 Å². The fourth-order valence-corrected chi connectivity index (χ4v) is 1.73. The Kier molecular flexibility index (Phi) is 3.72. The van der Waals surface area contributed by atoms with Crippen molar-refractivity contribution >= 4 is 0 Å². The first kappa shape index (κ1) is 12.7. The lowest BCUT2D eigenvalue weighted by Crippen LogP contribution is -2.14. The van der Waals surface area contributed by atoms with Crippen LogP contribution in [0.3, 0.4) is 0 Å². The van der Waals surface area contributed by atoms with Gasteiger partial charge in [0.1, 0.15) is 11.6 Å². The Morgan fingerprint density at radius 1 is 1.22 bits per heavy atom. The van der Waals surface area contributed by atoms with Crippen LogP contribution in [-0.4, -0.2) is 9.78 Å². The van der Waals surface area contributed by atoms with Crippen LogP contribution in [0.2, 0.25) is 0 Å². The highest BCUT2D eigenvalue weighted by Crippen LogP contribution is 2.10. The van der Waals surface area contributed by atoms with Crippen molar-refractivity contribution in [2.75, 3.05) is 0 Å². The van der Waals surface area contributed by atoms with Crippen molar-refractivity contribution in [3.63, 3.8) is 0 Å². The molecule has 1 aromatic heterocycles. The molecule has 3 nitrogen and oxygen atoms in total. The first-order valence-electron chi connectivity index (χ1n) is 5.70. The van der Waals surface area contributed by atoms with Crippen molar-refractivity contribution in [3.8, 4) is 0 Å². The second kappa shape index (κ2) is 5.27. The van der Waals surface area contributed by atoms with Crippen molar-refractivity contribution in [3.05, 3.63) is 52.9 Å². The molecule has 0 atom stereocenters. The fraction of sp³-hybridized carbons (Fsp3) is 0.308. The average molecular weight is 251 g/mol. The van der Waals surface area contributed by atoms with Gasteiger partial charge in [0.25, 0.3) is 0 Å². The number of hydrogen-bond donors (Lipinski definition) is 1. The Morgan fingerprint density at radius 3 is 2.61 bits per heavy atom. The second-order valence-corrected chi connectivity index (χ2v) is 4.22. The second-order valence-electron chi connectivity index (χ2n) is 4.22. The summed E-state index contributed by atoms with van der Waals surface area (Å²) in [5, 5.41) is 7.20. The molecule has 0 saturated heterocycles. The summed E-state index contributed by atoms with van der Waals surface area (Å²) in [5.74, 6) is -0.822. The van der Waals surface area contributed by atoms with Gasteiger partial charge in [-0.15, -0.1) is 0 Å². The van der Waals surface area contributed by atoms with E-state index in [0.29, 0.717) is 12.1 Å². The van der Waals surface area contributed by atoms with Gasteiger partial charge in [0.05, 0.1) is 6.20 Å². The summed E-state index contributed by atoms with van der Waals surface area (Å²) >= 11 is 0. The van der Waals surface area contributed by atoms with E-state index in [-0.39, 0.29) is 6.54 Å². The van der Waals surface area contributed by atoms with Crippen molar-refractivity contribution < 1.29 is 8.78 Å². The van der Waals surface area contributed by atoms with Gasteiger partial charge in [-0.25, -0.2) is 8.78 Å². The topological polar surface area (TPSA) is 29.9 Å². The first-order valence-corrected chi connectivity index (χ1v) is 5.70. The van der Waals surface area contributed by atoms with Crippen LogP contribution in [0.5, 0.6) is 0 Å². The monoisotopic (exact) mass is 251 g/mol. The zero-order chi connectivity index (χ0) is 13.1. The number of rotatable bonds is 4. The fourth-order valence-electron chi connectivity index (χ4n) is 1.73. The molecule has 2 rings (SSSR count). The first-order chi connectivity index (χ1) is 8.58. The highest BCUT2D eigenvalue weighted by Gasteiger charge is 2.05. The van der Waals surface area contributed by atoms with Gasteiger partial charge in [-0.1, -0.05) is 0 Å². The molecule has 0 radical (unpaired) electrons. The molecule has 0 fully saturated rings. The zero-order valence-corrected chi connectivity index (χ0v) is 10.4. The smallest absolute Gasteiger partial charge is 0.127 e. The van der Waals surface area contributed by atoms with Gasteiger partial charge in [0.2, 0.25) is 0 Å². The van der Waals surface area contributed by atoms with Gasteiger partial charge in [-0.05, 0) is 25.1 Å². The predicted molar refractivity (Wildman–Crippen MR) is 64.8 cm³/mol. The van der Waals surface area contributed by atoms with Crippen LogP contribution in [-0.2, 0) is 20.1 Å². The minimum Gasteiger partial charge on any atom is -0.308 e. The number of aryl methyl sites for hydroxylation is 1. The number of benzene rings is 1. The Balaban J connectivity index is 1.96. The molecular formula is C13H15F2N3. The Labute approximate surface area is 104 Å². The zero-order valence-electron chi connectivity index (χ0n) is 10.4. The molecule has 96 valence electrons. The maximum absolute atomic E-state index is 13.4. The van der Waals surface area contributed by atoms with E-state index in [4.69, 9.17) is 0 Å². The summed E-state index contributed by atoms with van der Waals surface area (Å²) in [7, 11) is 1.87. The molecular weight excluding hydrogens is 236 g/mol. The summed E-state index contributed by atoms with van der Waals surface area (Å²) in [5.41, 5.74) is 2.44. The van der Waals surface area contributed by atoms with Crippen LogP contribution in [0.15, 0.2) is 24.4 Å². The molecule has 0 aliphatic rings. The quantitative estimate of drug-likeness (QED) is 0.903. The van der Waals surface area contributed by atoms with Crippen LogP contribution < -0.4 is 5.32 Å². The maximum Gasteiger partial charge on any atom is 0.127 e. The third-order valence-corrected chi connectivity index (χ3v) is 2.98. The Morgan fingerprint density at radius 2 is 1.94 bits per heavy atom. The Bertz CT molecular complexity index is 549. The normalized spacial score (nSPS) is 10.9. The largest absolute Gasteiger partial charge is 0.308 e. The lowest BCUT2D eigenvalue weighted by atomic mass is 10.2. The standard InChI is InChI=1S/C13H15F2N3/c1-9-11(8-17-18(9)2)7-16-6-10-5-12(14)3-4-13(10)15/h3-5,8,16H,6-7H2,1-2H3. The summed E-state index contributed by atoms with van der Waals surface area (Å²) in [4.78, 5) is 0. The van der Waals surface area contributed by atoms with Crippen LogP contribution in [0.25, 0.3) is 0 Å². The van der Waals surface area contributed by atoms with E-state index in [0.717, 1.165) is 23.4 Å².